The fourth-order valence-electron chi connectivity index (χ4n) is 3.89. The summed E-state index contributed by atoms with van der Waals surface area (Å²) in [5, 5.41) is 4.19. The molecule has 0 bridgehead atoms. The predicted molar refractivity (Wildman–Crippen MR) is 114 cm³/mol. The van der Waals surface area contributed by atoms with E-state index in [1.807, 2.05) is 6.92 Å². The highest BCUT2D eigenvalue weighted by Gasteiger charge is 2.29. The number of nitrogens with two attached hydrogens (primary N) is 1. The number of halogens is 4. The average Bonchev–Trinajstić information content (AvgIpc) is 3.37. The molecule has 5 aromatic rings. The van der Waals surface area contributed by atoms with Crippen LogP contribution in [0.1, 0.15) is 12.0 Å². The van der Waals surface area contributed by atoms with E-state index in [1.165, 1.54) is 30.7 Å². The number of aryl methyl sites for hydroxylation is 2. The van der Waals surface area contributed by atoms with E-state index < -0.39 is 30.6 Å². The Labute approximate surface area is 188 Å². The molecule has 0 saturated carbocycles. The minimum atomic E-state index is -4.47. The molecule has 0 aliphatic heterocycles. The van der Waals surface area contributed by atoms with Gasteiger partial charge in [-0.1, -0.05) is 0 Å². The van der Waals surface area contributed by atoms with E-state index in [2.05, 4.69) is 15.1 Å². The molecule has 2 aromatic carbocycles. The zero-order chi connectivity index (χ0) is 24.2. The molecule has 0 fully saturated rings. The third-order valence-electron chi connectivity index (χ3n) is 5.46. The van der Waals surface area contributed by atoms with E-state index in [0.29, 0.717) is 27.0 Å². The maximum absolute atomic E-state index is 13.6. The standard InChI is InChI=1S/C22H16F4N6O2/c1-11-8-13(9-15-17(11)28-10-34-15)16-18(12-2-4-14(23)5-3-12)29-20(27)32-19(16)30-31(21(32)33)7-6-22(24,25)26/h2-5,8-10H,6-7H2,1H3,(H2,27,29)/p+1. The number of nitrogens with one attached hydrogen (secondary N) is 1. The van der Waals surface area contributed by atoms with E-state index in [0.717, 1.165) is 15.5 Å². The van der Waals surface area contributed by atoms with E-state index in [4.69, 9.17) is 10.2 Å². The first-order valence-electron chi connectivity index (χ1n) is 10.1. The average molecular weight is 473 g/mol. The van der Waals surface area contributed by atoms with Gasteiger partial charge in [0.05, 0.1) is 24.2 Å². The number of aromatic amines is 1. The molecule has 0 aliphatic carbocycles. The number of benzene rings is 2. The van der Waals surface area contributed by atoms with Gasteiger partial charge in [-0.25, -0.2) is 23.3 Å². The molecule has 174 valence electrons. The lowest BCUT2D eigenvalue weighted by molar-refractivity contribution is -0.354. The first kappa shape index (κ1) is 21.6. The number of fused-ring (bicyclic) bond motifs is 2. The molecule has 0 spiro atoms. The number of hydrogen-bond acceptors (Lipinski definition) is 5. The lowest BCUT2D eigenvalue weighted by atomic mass is 9.98. The SMILES string of the molecule is Cc1cc(-c2c(-c3ccc(F)cc3)nc(N)n3c(=O)n(CCC(F)(F)F)nc23)cc2oc[nH+]c12. The lowest BCUT2D eigenvalue weighted by Gasteiger charge is -2.12. The zero-order valence-electron chi connectivity index (χ0n) is 17.7. The van der Waals surface area contributed by atoms with E-state index >= 15 is 0 Å². The van der Waals surface area contributed by atoms with Gasteiger partial charge in [-0.2, -0.15) is 18.2 Å². The summed E-state index contributed by atoms with van der Waals surface area (Å²) in [5.74, 6) is -0.721. The Morgan fingerprint density at radius 2 is 1.88 bits per heavy atom. The van der Waals surface area contributed by atoms with E-state index in [1.54, 1.807) is 12.1 Å². The highest BCUT2D eigenvalue weighted by molar-refractivity contribution is 5.93. The van der Waals surface area contributed by atoms with Crippen LogP contribution in [0.5, 0.6) is 0 Å². The summed E-state index contributed by atoms with van der Waals surface area (Å²) in [6.07, 6.45) is -4.30. The van der Waals surface area contributed by atoms with Crippen molar-refractivity contribution in [2.75, 3.05) is 5.73 Å². The Morgan fingerprint density at radius 3 is 2.59 bits per heavy atom. The summed E-state index contributed by atoms with van der Waals surface area (Å²) in [6, 6.07) is 8.95. The van der Waals surface area contributed by atoms with Gasteiger partial charge < -0.3 is 10.2 Å². The minimum Gasteiger partial charge on any atom is -0.404 e. The summed E-state index contributed by atoms with van der Waals surface area (Å²) < 4.78 is 59.1. The molecule has 0 radical (unpaired) electrons. The molecule has 3 heterocycles. The number of aromatic nitrogens is 5. The molecule has 0 unspecified atom stereocenters. The number of oxazole rings is 1. The van der Waals surface area contributed by atoms with Crippen LogP contribution in [0.15, 0.2) is 52.0 Å². The Hall–Kier alpha value is -4.22. The number of H-pyrrole nitrogens is 1. The van der Waals surface area contributed by atoms with Gasteiger partial charge in [0.15, 0.2) is 5.65 Å². The van der Waals surface area contributed by atoms with Crippen molar-refractivity contribution in [1.82, 2.24) is 19.2 Å². The van der Waals surface area contributed by atoms with Crippen molar-refractivity contribution in [1.29, 1.82) is 0 Å². The van der Waals surface area contributed by atoms with Crippen molar-refractivity contribution in [3.05, 3.63) is 64.7 Å². The third kappa shape index (κ3) is 3.66. The van der Waals surface area contributed by atoms with Crippen LogP contribution < -0.4 is 16.4 Å². The van der Waals surface area contributed by atoms with Gasteiger partial charge in [0.2, 0.25) is 11.5 Å². The number of nitrogens with zero attached hydrogens (tertiary/aromatic N) is 4. The molecule has 0 saturated heterocycles. The molecule has 34 heavy (non-hydrogen) atoms. The van der Waals surface area contributed by atoms with Gasteiger partial charge in [0.25, 0.3) is 5.52 Å². The fraction of sp³-hybridized carbons (Fsp3) is 0.182. The summed E-state index contributed by atoms with van der Waals surface area (Å²) in [6.45, 7) is 1.16. The normalized spacial score (nSPS) is 12.1. The van der Waals surface area contributed by atoms with Crippen LogP contribution in [-0.4, -0.2) is 25.3 Å². The maximum Gasteiger partial charge on any atom is 0.390 e. The monoisotopic (exact) mass is 473 g/mol. The number of hydrogen-bond donors (Lipinski definition) is 1. The molecule has 3 N–H and O–H groups in total. The van der Waals surface area contributed by atoms with Crippen LogP contribution in [-0.2, 0) is 6.54 Å². The van der Waals surface area contributed by atoms with Crippen molar-refractivity contribution in [3.8, 4) is 22.4 Å². The van der Waals surface area contributed by atoms with Crippen LogP contribution in [0, 0.1) is 12.7 Å². The van der Waals surface area contributed by atoms with Crippen LogP contribution in [0.2, 0.25) is 0 Å². The number of nitrogen functional groups attached to an aromatic ring is 1. The van der Waals surface area contributed by atoms with Crippen molar-refractivity contribution in [2.45, 2.75) is 26.1 Å². The fourth-order valence-corrected chi connectivity index (χ4v) is 3.89. The van der Waals surface area contributed by atoms with Crippen molar-refractivity contribution in [2.24, 2.45) is 0 Å². The molecule has 5 rings (SSSR count). The Morgan fingerprint density at radius 1 is 1.15 bits per heavy atom. The maximum atomic E-state index is 13.6. The second kappa shape index (κ2) is 7.68. The molecule has 0 aliphatic rings. The number of anilines is 1. The number of rotatable bonds is 4. The molecule has 3 aromatic heterocycles. The molecular formula is C22H17F4N6O2+. The molecular weight excluding hydrogens is 456 g/mol. The first-order valence-corrected chi connectivity index (χ1v) is 10.1. The van der Waals surface area contributed by atoms with E-state index in [9.17, 15) is 22.4 Å². The Balaban J connectivity index is 1.83. The van der Waals surface area contributed by atoms with Crippen LogP contribution in [0.4, 0.5) is 23.5 Å². The quantitative estimate of drug-likeness (QED) is 0.400. The van der Waals surface area contributed by atoms with Crippen LogP contribution in [0.25, 0.3) is 39.1 Å². The minimum absolute atomic E-state index is 0.0216. The Bertz CT molecular complexity index is 1600. The van der Waals surface area contributed by atoms with E-state index in [-0.39, 0.29) is 17.3 Å². The molecule has 8 nitrogen and oxygen atoms in total. The van der Waals surface area contributed by atoms with Gasteiger partial charge >= 0.3 is 18.3 Å². The van der Waals surface area contributed by atoms with Gasteiger partial charge in [-0.3, -0.25) is 0 Å². The Kier molecular flexibility index (Phi) is 4.88. The van der Waals surface area contributed by atoms with Crippen molar-refractivity contribution < 1.29 is 27.0 Å². The molecule has 0 atom stereocenters. The summed E-state index contributed by atoms with van der Waals surface area (Å²) >= 11 is 0. The lowest BCUT2D eigenvalue weighted by Crippen LogP contribution is -2.25. The van der Waals surface area contributed by atoms with Crippen molar-refractivity contribution >= 4 is 22.7 Å². The number of alkyl halides is 3. The second-order valence-electron chi connectivity index (χ2n) is 7.78. The highest BCUT2D eigenvalue weighted by atomic mass is 19.4. The smallest absolute Gasteiger partial charge is 0.390 e. The second-order valence-corrected chi connectivity index (χ2v) is 7.78. The summed E-state index contributed by atoms with van der Waals surface area (Å²) in [5.41, 5.74) is 8.93. The van der Waals surface area contributed by atoms with Gasteiger partial charge in [-0.15, -0.1) is 5.10 Å². The van der Waals surface area contributed by atoms with Crippen molar-refractivity contribution in [3.63, 3.8) is 0 Å². The third-order valence-corrected chi connectivity index (χ3v) is 5.46. The highest BCUT2D eigenvalue weighted by Crippen LogP contribution is 2.36. The van der Waals surface area contributed by atoms with Gasteiger partial charge in [0, 0.05) is 11.1 Å². The molecule has 12 heteroatoms. The largest absolute Gasteiger partial charge is 0.404 e. The van der Waals surface area contributed by atoms with Crippen LogP contribution in [0.3, 0.4) is 0 Å². The topological polar surface area (TPSA) is 105 Å². The van der Waals surface area contributed by atoms with Gasteiger partial charge in [-0.05, 0) is 48.9 Å². The zero-order valence-corrected chi connectivity index (χ0v) is 17.7. The van der Waals surface area contributed by atoms with Gasteiger partial charge in [0.1, 0.15) is 5.82 Å². The first-order chi connectivity index (χ1) is 16.1. The predicted octanol–water partition coefficient (Wildman–Crippen LogP) is 3.77. The summed E-state index contributed by atoms with van der Waals surface area (Å²) in [7, 11) is 0. The van der Waals surface area contributed by atoms with Crippen LogP contribution >= 0.6 is 0 Å². The summed E-state index contributed by atoms with van der Waals surface area (Å²) in [4.78, 5) is 20.2. The molecule has 0 amide bonds.